The third-order valence-electron chi connectivity index (χ3n) is 3.40. The Labute approximate surface area is 157 Å². The molecule has 3 rings (SSSR count). The summed E-state index contributed by atoms with van der Waals surface area (Å²) in [6, 6.07) is 12.5. The van der Waals surface area contributed by atoms with Crippen LogP contribution in [0.15, 0.2) is 54.9 Å². The van der Waals surface area contributed by atoms with Crippen LogP contribution in [0.3, 0.4) is 0 Å². The second kappa shape index (κ2) is 7.62. The molecule has 0 saturated heterocycles. The second-order valence-electron chi connectivity index (χ2n) is 5.25. The summed E-state index contributed by atoms with van der Waals surface area (Å²) < 4.78 is 46.8. The molecule has 0 bridgehead atoms. The summed E-state index contributed by atoms with van der Waals surface area (Å²) in [6.07, 6.45) is -3.25. The van der Waals surface area contributed by atoms with Crippen LogP contribution in [0.4, 0.5) is 18.9 Å². The molecule has 0 fully saturated rings. The first kappa shape index (κ1) is 18.6. The molecule has 10 heteroatoms. The standard InChI is InChI=1S/C17H13F3N4O2S/c1-25-16(27)22-12-4-2-11(3-5-12)15-21-10-24(23-15)13-6-8-14(9-7-13)26-17(18,19)20/h2-10H,1H3,(H,22,27). The lowest BCUT2D eigenvalue weighted by atomic mass is 10.2. The molecule has 0 unspecified atom stereocenters. The lowest BCUT2D eigenvalue weighted by Gasteiger charge is -2.09. The van der Waals surface area contributed by atoms with Crippen molar-refractivity contribution in [3.63, 3.8) is 0 Å². The van der Waals surface area contributed by atoms with Gasteiger partial charge in [-0.3, -0.25) is 0 Å². The van der Waals surface area contributed by atoms with Gasteiger partial charge in [-0.25, -0.2) is 9.67 Å². The number of halogens is 3. The Morgan fingerprint density at radius 1 is 1.07 bits per heavy atom. The molecule has 0 aliphatic rings. The highest BCUT2D eigenvalue weighted by atomic mass is 32.1. The maximum Gasteiger partial charge on any atom is 0.573 e. The van der Waals surface area contributed by atoms with Gasteiger partial charge in [0, 0.05) is 11.3 Å². The van der Waals surface area contributed by atoms with Crippen LogP contribution in [-0.2, 0) is 4.74 Å². The first-order valence-corrected chi connectivity index (χ1v) is 7.98. The molecule has 0 radical (unpaired) electrons. The summed E-state index contributed by atoms with van der Waals surface area (Å²) >= 11 is 4.93. The quantitative estimate of drug-likeness (QED) is 0.670. The van der Waals surface area contributed by atoms with E-state index in [1.807, 2.05) is 0 Å². The minimum absolute atomic E-state index is 0.253. The highest BCUT2D eigenvalue weighted by molar-refractivity contribution is 7.80. The first-order valence-electron chi connectivity index (χ1n) is 7.57. The van der Waals surface area contributed by atoms with Crippen molar-refractivity contribution in [3.8, 4) is 22.8 Å². The Hall–Kier alpha value is -3.14. The molecule has 140 valence electrons. The summed E-state index contributed by atoms with van der Waals surface area (Å²) in [5.41, 5.74) is 2.07. The molecule has 1 heterocycles. The molecular formula is C17H13F3N4O2S. The van der Waals surface area contributed by atoms with E-state index in [1.165, 1.54) is 42.4 Å². The highest BCUT2D eigenvalue weighted by Gasteiger charge is 2.30. The number of nitrogens with zero attached hydrogens (tertiary/aromatic N) is 3. The van der Waals surface area contributed by atoms with Crippen LogP contribution in [0.1, 0.15) is 0 Å². The lowest BCUT2D eigenvalue weighted by Crippen LogP contribution is -2.17. The highest BCUT2D eigenvalue weighted by Crippen LogP contribution is 2.24. The normalized spacial score (nSPS) is 11.1. The smallest absolute Gasteiger partial charge is 0.474 e. The van der Waals surface area contributed by atoms with Gasteiger partial charge in [0.1, 0.15) is 12.1 Å². The molecule has 0 saturated carbocycles. The predicted octanol–water partition coefficient (Wildman–Crippen LogP) is 4.18. The first-order chi connectivity index (χ1) is 12.8. The molecule has 1 N–H and O–H groups in total. The fourth-order valence-corrected chi connectivity index (χ4v) is 2.31. The molecule has 2 aromatic carbocycles. The number of hydrogen-bond donors (Lipinski definition) is 1. The summed E-state index contributed by atoms with van der Waals surface area (Å²) in [6.45, 7) is 0. The Balaban J connectivity index is 1.73. The van der Waals surface area contributed by atoms with E-state index in [0.29, 0.717) is 11.5 Å². The Kier molecular flexibility index (Phi) is 5.26. The van der Waals surface area contributed by atoms with Gasteiger partial charge < -0.3 is 14.8 Å². The lowest BCUT2D eigenvalue weighted by molar-refractivity contribution is -0.274. The fourth-order valence-electron chi connectivity index (χ4n) is 2.19. The number of nitrogens with one attached hydrogen (secondary N) is 1. The maximum absolute atomic E-state index is 12.2. The zero-order valence-corrected chi connectivity index (χ0v) is 14.7. The zero-order chi connectivity index (χ0) is 19.4. The number of anilines is 1. The third-order valence-corrected chi connectivity index (χ3v) is 3.67. The minimum Gasteiger partial charge on any atom is -0.474 e. The molecule has 0 atom stereocenters. The molecule has 0 spiro atoms. The maximum atomic E-state index is 12.2. The fraction of sp³-hybridized carbons (Fsp3) is 0.118. The number of alkyl halides is 3. The number of aromatic nitrogens is 3. The Morgan fingerprint density at radius 2 is 1.74 bits per heavy atom. The number of rotatable bonds is 4. The van der Waals surface area contributed by atoms with E-state index in [4.69, 9.17) is 17.0 Å². The number of benzene rings is 2. The van der Waals surface area contributed by atoms with Crippen molar-refractivity contribution in [1.29, 1.82) is 0 Å². The van der Waals surface area contributed by atoms with Crippen LogP contribution in [0.25, 0.3) is 17.1 Å². The average molecular weight is 394 g/mol. The van der Waals surface area contributed by atoms with Gasteiger partial charge in [0.05, 0.1) is 12.8 Å². The van der Waals surface area contributed by atoms with Crippen LogP contribution in [0.2, 0.25) is 0 Å². The van der Waals surface area contributed by atoms with Crippen LogP contribution in [0, 0.1) is 0 Å². The zero-order valence-electron chi connectivity index (χ0n) is 13.9. The van der Waals surface area contributed by atoms with E-state index in [1.54, 1.807) is 24.3 Å². The summed E-state index contributed by atoms with van der Waals surface area (Å²) in [5.74, 6) is 0.162. The molecule has 0 aliphatic carbocycles. The topological polar surface area (TPSA) is 61.2 Å². The van der Waals surface area contributed by atoms with E-state index < -0.39 is 6.36 Å². The minimum atomic E-state index is -4.73. The van der Waals surface area contributed by atoms with E-state index >= 15 is 0 Å². The van der Waals surface area contributed by atoms with Gasteiger partial charge in [-0.15, -0.1) is 18.3 Å². The van der Waals surface area contributed by atoms with Gasteiger partial charge in [-0.05, 0) is 60.7 Å². The van der Waals surface area contributed by atoms with Gasteiger partial charge in [0.15, 0.2) is 5.82 Å². The van der Waals surface area contributed by atoms with Crippen LogP contribution in [-0.4, -0.2) is 33.4 Å². The Bertz CT molecular complexity index is 925. The largest absolute Gasteiger partial charge is 0.573 e. The van der Waals surface area contributed by atoms with E-state index in [0.717, 1.165) is 11.3 Å². The van der Waals surface area contributed by atoms with Crippen molar-refractivity contribution in [2.24, 2.45) is 0 Å². The van der Waals surface area contributed by atoms with Crippen molar-refractivity contribution < 1.29 is 22.6 Å². The summed E-state index contributed by atoms with van der Waals surface area (Å²) in [7, 11) is 1.47. The van der Waals surface area contributed by atoms with Gasteiger partial charge in [-0.2, -0.15) is 0 Å². The van der Waals surface area contributed by atoms with Crippen molar-refractivity contribution in [1.82, 2.24) is 14.8 Å². The molecule has 1 aromatic heterocycles. The number of methoxy groups -OCH3 is 1. The molecule has 27 heavy (non-hydrogen) atoms. The molecule has 0 amide bonds. The molecule has 3 aromatic rings. The number of thiocarbonyl (C=S) groups is 1. The molecule has 6 nitrogen and oxygen atoms in total. The second-order valence-corrected chi connectivity index (χ2v) is 5.62. The van der Waals surface area contributed by atoms with Gasteiger partial charge in [0.2, 0.25) is 0 Å². The summed E-state index contributed by atoms with van der Waals surface area (Å²) in [5, 5.41) is 7.48. The van der Waals surface area contributed by atoms with E-state index in [9.17, 15) is 13.2 Å². The SMILES string of the molecule is COC(=S)Nc1ccc(-c2ncn(-c3ccc(OC(F)(F)F)cc3)n2)cc1. The van der Waals surface area contributed by atoms with Crippen molar-refractivity contribution in [3.05, 3.63) is 54.9 Å². The summed E-state index contributed by atoms with van der Waals surface area (Å²) in [4.78, 5) is 4.22. The van der Waals surface area contributed by atoms with Gasteiger partial charge >= 0.3 is 6.36 Å². The monoisotopic (exact) mass is 394 g/mol. The van der Waals surface area contributed by atoms with Gasteiger partial charge in [-0.1, -0.05) is 0 Å². The van der Waals surface area contributed by atoms with E-state index in [-0.39, 0.29) is 10.9 Å². The predicted molar refractivity (Wildman–Crippen MR) is 96.7 cm³/mol. The number of hydrogen-bond acceptors (Lipinski definition) is 5. The van der Waals surface area contributed by atoms with Crippen LogP contribution < -0.4 is 10.1 Å². The van der Waals surface area contributed by atoms with E-state index in [2.05, 4.69) is 20.1 Å². The van der Waals surface area contributed by atoms with Crippen LogP contribution in [0.5, 0.6) is 5.75 Å². The molecular weight excluding hydrogens is 381 g/mol. The van der Waals surface area contributed by atoms with Crippen LogP contribution >= 0.6 is 12.2 Å². The van der Waals surface area contributed by atoms with Crippen molar-refractivity contribution in [2.75, 3.05) is 12.4 Å². The Morgan fingerprint density at radius 3 is 2.33 bits per heavy atom. The molecule has 0 aliphatic heterocycles. The number of ether oxygens (including phenoxy) is 2. The van der Waals surface area contributed by atoms with Crippen molar-refractivity contribution in [2.45, 2.75) is 6.36 Å². The van der Waals surface area contributed by atoms with Crippen molar-refractivity contribution >= 4 is 23.1 Å². The van der Waals surface area contributed by atoms with Gasteiger partial charge in [0.25, 0.3) is 5.17 Å². The average Bonchev–Trinajstić information content (AvgIpc) is 3.11. The third kappa shape index (κ3) is 4.94.